The number of alkyl halides is 1. The van der Waals surface area contributed by atoms with Gasteiger partial charge in [-0.2, -0.15) is 9.65 Å². The summed E-state index contributed by atoms with van der Waals surface area (Å²) in [5.41, 5.74) is 2.79. The van der Waals surface area contributed by atoms with E-state index >= 15 is 0 Å². The van der Waals surface area contributed by atoms with E-state index in [0.717, 1.165) is 16.7 Å². The largest absolute Gasteiger partial charge is 0.435 e. The third-order valence-corrected chi connectivity index (χ3v) is 3.37. The third-order valence-electron chi connectivity index (χ3n) is 3.37. The lowest BCUT2D eigenvalue weighted by molar-refractivity contribution is -0.286. The molecule has 1 aromatic heterocycles. The van der Waals surface area contributed by atoms with Crippen LogP contribution < -0.4 is 4.74 Å². The molecule has 0 saturated carbocycles. The first kappa shape index (κ1) is 13.4. The molecule has 3 rings (SSSR count). The zero-order chi connectivity index (χ0) is 14.9. The van der Waals surface area contributed by atoms with Crippen LogP contribution in [0, 0.1) is 11.3 Å². The van der Waals surface area contributed by atoms with E-state index in [0.29, 0.717) is 11.3 Å². The van der Waals surface area contributed by atoms with Gasteiger partial charge in [0.25, 0.3) is 0 Å². The molecule has 1 N–H and O–H groups in total. The van der Waals surface area contributed by atoms with Crippen molar-refractivity contribution in [2.45, 2.75) is 19.1 Å². The second kappa shape index (κ2) is 5.08. The maximum Gasteiger partial charge on any atom is 0.367 e. The molecular formula is C16H13FN2O2. The van der Waals surface area contributed by atoms with E-state index in [1.165, 1.54) is 6.08 Å². The highest BCUT2D eigenvalue weighted by Crippen LogP contribution is 2.40. The molecule has 1 aromatic carbocycles. The summed E-state index contributed by atoms with van der Waals surface area (Å²) in [5.74, 6) is 0.424. The number of rotatable bonds is 3. The number of aromatic amines is 1. The topological polar surface area (TPSA) is 58.0 Å². The number of aromatic nitrogens is 1. The van der Waals surface area contributed by atoms with Crippen molar-refractivity contribution < 1.29 is 13.9 Å². The Kier molecular flexibility index (Phi) is 3.24. The zero-order valence-electron chi connectivity index (χ0n) is 11.2. The maximum absolute atomic E-state index is 14.3. The molecule has 5 heteroatoms. The summed E-state index contributed by atoms with van der Waals surface area (Å²) < 4.78 is 24.8. The Labute approximate surface area is 121 Å². The highest BCUT2D eigenvalue weighted by atomic mass is 19.2. The van der Waals surface area contributed by atoms with E-state index in [9.17, 15) is 4.39 Å². The SMILES string of the molecule is C=CCC1(F)OCc2c(cccc2-c2c[nH]cc2C#N)O1. The first-order valence-corrected chi connectivity index (χ1v) is 6.49. The number of nitriles is 1. The predicted molar refractivity (Wildman–Crippen MR) is 75.0 cm³/mol. The number of nitrogens with zero attached hydrogens (tertiary/aromatic N) is 1. The van der Waals surface area contributed by atoms with Gasteiger partial charge in [0.1, 0.15) is 11.8 Å². The van der Waals surface area contributed by atoms with Crippen LogP contribution in [0.3, 0.4) is 0 Å². The number of hydrogen-bond donors (Lipinski definition) is 1. The Bertz CT molecular complexity index is 732. The minimum Gasteiger partial charge on any atom is -0.435 e. The number of benzene rings is 1. The number of ether oxygens (including phenoxy) is 2. The van der Waals surface area contributed by atoms with Gasteiger partial charge in [-0.25, -0.2) is 0 Å². The summed E-state index contributed by atoms with van der Waals surface area (Å²) in [6.07, 6.45) is 4.71. The monoisotopic (exact) mass is 284 g/mol. The van der Waals surface area contributed by atoms with Gasteiger partial charge in [0, 0.05) is 23.5 Å². The van der Waals surface area contributed by atoms with Crippen LogP contribution in [0.4, 0.5) is 4.39 Å². The molecule has 2 heterocycles. The van der Waals surface area contributed by atoms with Crippen LogP contribution in [0.1, 0.15) is 17.5 Å². The van der Waals surface area contributed by atoms with Crippen molar-refractivity contribution in [3.63, 3.8) is 0 Å². The van der Waals surface area contributed by atoms with Crippen LogP contribution in [0.5, 0.6) is 5.75 Å². The van der Waals surface area contributed by atoms with Gasteiger partial charge in [-0.1, -0.05) is 18.2 Å². The molecule has 21 heavy (non-hydrogen) atoms. The molecule has 1 atom stereocenters. The van der Waals surface area contributed by atoms with E-state index in [4.69, 9.17) is 14.7 Å². The average Bonchev–Trinajstić information content (AvgIpc) is 2.94. The Morgan fingerprint density at radius 3 is 3.05 bits per heavy atom. The molecular weight excluding hydrogens is 271 g/mol. The average molecular weight is 284 g/mol. The molecule has 0 fully saturated rings. The van der Waals surface area contributed by atoms with Crippen LogP contribution in [0.25, 0.3) is 11.1 Å². The van der Waals surface area contributed by atoms with Crippen molar-refractivity contribution in [3.05, 3.63) is 54.4 Å². The normalized spacial score (nSPS) is 20.2. The molecule has 1 unspecified atom stereocenters. The van der Waals surface area contributed by atoms with Crippen molar-refractivity contribution in [1.29, 1.82) is 5.26 Å². The fraction of sp³-hybridized carbons (Fsp3) is 0.188. The van der Waals surface area contributed by atoms with Crippen LogP contribution in [-0.4, -0.2) is 11.0 Å². The fourth-order valence-electron chi connectivity index (χ4n) is 2.39. The third kappa shape index (κ3) is 2.30. The highest BCUT2D eigenvalue weighted by molar-refractivity contribution is 5.74. The van der Waals surface area contributed by atoms with Crippen molar-refractivity contribution in [2.75, 3.05) is 0 Å². The standard InChI is InChI=1S/C16H13FN2O2/c1-2-6-16(17)20-10-14-12(4-3-5-15(14)21-16)13-9-19-8-11(13)7-18/h2-5,8-9,19H,1,6,10H2. The second-order valence-corrected chi connectivity index (χ2v) is 4.72. The maximum atomic E-state index is 14.3. The molecule has 4 nitrogen and oxygen atoms in total. The quantitative estimate of drug-likeness (QED) is 0.875. The van der Waals surface area contributed by atoms with E-state index < -0.39 is 6.04 Å². The van der Waals surface area contributed by atoms with Gasteiger partial charge in [-0.05, 0) is 11.6 Å². The van der Waals surface area contributed by atoms with Crippen molar-refractivity contribution in [3.8, 4) is 22.9 Å². The van der Waals surface area contributed by atoms with Crippen LogP contribution in [-0.2, 0) is 11.3 Å². The molecule has 0 saturated heterocycles. The zero-order valence-corrected chi connectivity index (χ0v) is 11.2. The summed E-state index contributed by atoms with van der Waals surface area (Å²) in [5, 5.41) is 9.12. The number of nitrogens with one attached hydrogen (secondary N) is 1. The molecule has 1 aliphatic rings. The summed E-state index contributed by atoms with van der Waals surface area (Å²) in [6, 6.07) is 5.25. The lowest BCUT2D eigenvalue weighted by atomic mass is 9.98. The number of halogens is 1. The Morgan fingerprint density at radius 1 is 1.43 bits per heavy atom. The number of H-pyrrole nitrogens is 1. The van der Waals surface area contributed by atoms with E-state index in [1.54, 1.807) is 24.5 Å². The molecule has 2 aromatic rings. The van der Waals surface area contributed by atoms with Gasteiger partial charge in [0.15, 0.2) is 0 Å². The summed E-state index contributed by atoms with van der Waals surface area (Å²) in [7, 11) is 0. The first-order chi connectivity index (χ1) is 10.2. The Morgan fingerprint density at radius 2 is 2.29 bits per heavy atom. The van der Waals surface area contributed by atoms with E-state index in [2.05, 4.69) is 17.6 Å². The van der Waals surface area contributed by atoms with Gasteiger partial charge in [-0.15, -0.1) is 6.58 Å². The molecule has 0 radical (unpaired) electrons. The van der Waals surface area contributed by atoms with E-state index in [-0.39, 0.29) is 13.0 Å². The molecule has 106 valence electrons. The minimum atomic E-state index is -2.18. The summed E-state index contributed by atoms with van der Waals surface area (Å²) >= 11 is 0. The van der Waals surface area contributed by atoms with Crippen molar-refractivity contribution >= 4 is 0 Å². The van der Waals surface area contributed by atoms with Crippen molar-refractivity contribution in [2.24, 2.45) is 0 Å². The smallest absolute Gasteiger partial charge is 0.367 e. The van der Waals surface area contributed by atoms with Gasteiger partial charge < -0.3 is 14.5 Å². The van der Waals surface area contributed by atoms with E-state index in [1.807, 2.05) is 6.07 Å². The first-order valence-electron chi connectivity index (χ1n) is 6.49. The van der Waals surface area contributed by atoms with Crippen molar-refractivity contribution in [1.82, 2.24) is 4.98 Å². The molecule has 0 spiro atoms. The number of hydrogen-bond acceptors (Lipinski definition) is 3. The molecule has 0 aliphatic carbocycles. The lowest BCUT2D eigenvalue weighted by Crippen LogP contribution is -2.37. The highest BCUT2D eigenvalue weighted by Gasteiger charge is 2.37. The molecule has 1 aliphatic heterocycles. The summed E-state index contributed by atoms with van der Waals surface area (Å²) in [6.45, 7) is 3.57. The Balaban J connectivity index is 2.05. The van der Waals surface area contributed by atoms with Crippen LogP contribution in [0.15, 0.2) is 43.2 Å². The Hall–Kier alpha value is -2.58. The van der Waals surface area contributed by atoms with Gasteiger partial charge in [0.2, 0.25) is 0 Å². The van der Waals surface area contributed by atoms with Gasteiger partial charge in [-0.3, -0.25) is 0 Å². The predicted octanol–water partition coefficient (Wildman–Crippen LogP) is 3.66. The van der Waals surface area contributed by atoms with Crippen LogP contribution in [0.2, 0.25) is 0 Å². The van der Waals surface area contributed by atoms with Gasteiger partial charge in [0.05, 0.1) is 18.6 Å². The second-order valence-electron chi connectivity index (χ2n) is 4.72. The summed E-state index contributed by atoms with van der Waals surface area (Å²) in [4.78, 5) is 2.90. The van der Waals surface area contributed by atoms with Crippen LogP contribution >= 0.6 is 0 Å². The number of fused-ring (bicyclic) bond motifs is 1. The molecule has 0 amide bonds. The minimum absolute atomic E-state index is 0.0513. The van der Waals surface area contributed by atoms with Gasteiger partial charge >= 0.3 is 6.04 Å². The molecule has 0 bridgehead atoms. The fourth-order valence-corrected chi connectivity index (χ4v) is 2.39. The lowest BCUT2D eigenvalue weighted by Gasteiger charge is -2.31.